The van der Waals surface area contributed by atoms with Crippen molar-refractivity contribution < 1.29 is 47.3 Å². The van der Waals surface area contributed by atoms with Gasteiger partial charge in [-0.1, -0.05) is 259 Å². The van der Waals surface area contributed by atoms with Gasteiger partial charge in [-0.2, -0.15) is 0 Å². The van der Waals surface area contributed by atoms with Crippen LogP contribution in [0.4, 0.5) is 5.69 Å². The van der Waals surface area contributed by atoms with E-state index in [0.717, 1.165) is 35.7 Å². The van der Waals surface area contributed by atoms with Gasteiger partial charge in [0.15, 0.2) is 0 Å². The van der Waals surface area contributed by atoms with E-state index in [1.807, 2.05) is 54.6 Å². The minimum absolute atomic E-state index is 0. The smallest absolute Gasteiger partial charge is 0.744 e. The van der Waals surface area contributed by atoms with Crippen molar-refractivity contribution in [2.24, 2.45) is 0 Å². The van der Waals surface area contributed by atoms with E-state index in [4.69, 9.17) is 10.5 Å². The first-order valence-electron chi connectivity index (χ1n) is 31.7. The fourth-order valence-electron chi connectivity index (χ4n) is 9.16. The van der Waals surface area contributed by atoms with E-state index < -0.39 is 10.1 Å². The Hall–Kier alpha value is -6.00. The van der Waals surface area contributed by atoms with Crippen LogP contribution in [0.5, 0.6) is 11.5 Å². The molecule has 0 saturated carbocycles. The summed E-state index contributed by atoms with van der Waals surface area (Å²) in [7, 11) is -0.102. The summed E-state index contributed by atoms with van der Waals surface area (Å²) in [6.07, 6.45) is 8.43. The molecule has 0 bridgehead atoms. The van der Waals surface area contributed by atoms with E-state index in [1.54, 1.807) is 12.1 Å². The Balaban J connectivity index is 0.000000363. The van der Waals surface area contributed by atoms with Crippen LogP contribution in [0.3, 0.4) is 0 Å². The van der Waals surface area contributed by atoms with Gasteiger partial charge in [0, 0.05) is 18.6 Å². The van der Waals surface area contributed by atoms with E-state index >= 15 is 0 Å². The van der Waals surface area contributed by atoms with Gasteiger partial charge in [0.05, 0.1) is 4.90 Å². The topological polar surface area (TPSA) is 95.7 Å². The third-order valence-corrected chi connectivity index (χ3v) is 17.2. The van der Waals surface area contributed by atoms with Crippen LogP contribution in [-0.2, 0) is 16.7 Å². The summed E-state index contributed by atoms with van der Waals surface area (Å²) in [6, 6.07) is 76.2. The monoisotopic (exact) mass is 1250 g/mol. The first kappa shape index (κ1) is 79.1. The molecule has 0 saturated heterocycles. The van der Waals surface area contributed by atoms with Gasteiger partial charge in [-0.25, -0.2) is 8.42 Å². The second kappa shape index (κ2) is 43.7. The van der Waals surface area contributed by atoms with Crippen molar-refractivity contribution in [2.45, 2.75) is 169 Å². The first-order valence-corrected chi connectivity index (χ1v) is 33.9. The van der Waals surface area contributed by atoms with Gasteiger partial charge in [0.25, 0.3) is 0 Å². The Morgan fingerprint density at radius 1 is 0.404 bits per heavy atom. The molecule has 6 nitrogen and oxygen atoms in total. The second-order valence-electron chi connectivity index (χ2n) is 23.1. The molecule has 9 heteroatoms. The first-order chi connectivity index (χ1) is 42.2. The normalized spacial score (nSPS) is 12.5. The molecular weight excluding hydrogens is 1140 g/mol. The molecule has 6 unspecified atom stereocenters. The number of hydrogen-bond donors (Lipinski definition) is 1. The van der Waals surface area contributed by atoms with E-state index in [-0.39, 0.29) is 34.5 Å². The van der Waals surface area contributed by atoms with Crippen molar-refractivity contribution in [1.29, 1.82) is 0 Å². The maximum absolute atomic E-state index is 10.6. The Morgan fingerprint density at radius 3 is 1.12 bits per heavy atom. The molecule has 2 N–H and O–H groups in total. The van der Waals surface area contributed by atoms with Gasteiger partial charge in [-0.15, -0.1) is 11.6 Å². The molecule has 472 valence electrons. The number of fused-ring (bicyclic) bond motifs is 1. The van der Waals surface area contributed by atoms with Gasteiger partial charge in [0.2, 0.25) is 0 Å². The summed E-state index contributed by atoms with van der Waals surface area (Å²) in [5.41, 5.74) is 18.5. The van der Waals surface area contributed by atoms with E-state index in [0.29, 0.717) is 35.5 Å². The summed E-state index contributed by atoms with van der Waals surface area (Å²) >= 11 is 4.64. The molecule has 0 radical (unpaired) electrons. The number of hydrogen-bond acceptors (Lipinski definition) is 6. The molecule has 0 spiro atoms. The van der Waals surface area contributed by atoms with Crippen LogP contribution in [0.25, 0.3) is 21.9 Å². The zero-order valence-corrected chi connectivity index (χ0v) is 60.3. The predicted octanol–water partition coefficient (Wildman–Crippen LogP) is 20.2. The fraction of sp³-hybridized carbons (Fsp3) is 0.350. The van der Waals surface area contributed by atoms with Gasteiger partial charge in [-0.3, -0.25) is 0 Å². The second-order valence-corrected chi connectivity index (χ2v) is 24.5. The molecule has 0 aromatic heterocycles. The van der Waals surface area contributed by atoms with Crippen molar-refractivity contribution in [1.82, 2.24) is 4.90 Å². The van der Waals surface area contributed by atoms with Crippen LogP contribution in [0, 0.1) is 0 Å². The summed E-state index contributed by atoms with van der Waals surface area (Å²) < 4.78 is 37.6. The standard InChI is InChI=1S/C16H18O.C16H18.C14H16.C13H21N.C10H15N.C10H14O3S.CH3Cl.Na/c1-3-13(2)14-9-11-16(12-10-14)17-15-7-5-4-6-8-15;1-3-13(2)14-9-11-16(12-10-14)15-7-5-4-6-8-15;1-3-11(2)13-9-8-12-6-4-5-7-14(12)10-13;1-5-11(2)13-8-6-12(7-9-13)10-14(3)4;1-3-8(2)9-4-6-10(11)7-5-9;1-3-8(2)9-4-6-10(7-5-9)14(11,12)13;1-2;/h4-13H,3H2,1-2H3;4-13H,3H2,1-2H3;4-11H,3H2,1-2H3;6-9,11H,5,10H2,1-4H3;4-8H,3,11H2,1-2H3;4-8H,3H2,1-2H3,(H,11,12,13);1H3;/q;;;;;;;+1/p-1. The van der Waals surface area contributed by atoms with Crippen LogP contribution in [-0.4, -0.2) is 38.3 Å². The number of nitrogens with two attached hydrogens (primary N) is 1. The van der Waals surface area contributed by atoms with Gasteiger partial charge in [-0.05, 0) is 198 Å². The minimum atomic E-state index is -4.30. The van der Waals surface area contributed by atoms with Gasteiger partial charge < -0.3 is 19.9 Å². The molecule has 0 amide bonds. The Bertz CT molecular complexity index is 3360. The average molecular weight is 1250 g/mol. The number of alkyl halides is 1. The largest absolute Gasteiger partial charge is 1.00 e. The molecule has 89 heavy (non-hydrogen) atoms. The maximum atomic E-state index is 10.6. The zero-order valence-electron chi connectivity index (χ0n) is 56.7. The molecular formula is C80H104ClN2NaO4S. The number of nitrogens with zero attached hydrogens (tertiary/aromatic N) is 1. The van der Waals surface area contributed by atoms with E-state index in [9.17, 15) is 13.0 Å². The molecule has 0 heterocycles. The average Bonchev–Trinajstić information content (AvgIpc) is 3.68. The molecule has 0 aliphatic rings. The van der Waals surface area contributed by atoms with Crippen LogP contribution in [0.1, 0.15) is 196 Å². The molecule has 0 fully saturated rings. The predicted molar refractivity (Wildman–Crippen MR) is 382 cm³/mol. The number of para-hydroxylation sites is 1. The van der Waals surface area contributed by atoms with E-state index in [2.05, 4.69) is 259 Å². The number of rotatable bonds is 18. The van der Waals surface area contributed by atoms with Crippen LogP contribution in [0.15, 0.2) is 229 Å². The minimum Gasteiger partial charge on any atom is -0.744 e. The molecule has 9 aromatic carbocycles. The number of halogens is 1. The summed E-state index contributed by atoms with van der Waals surface area (Å²) in [5.74, 6) is 5.43. The Labute approximate surface area is 566 Å². The summed E-state index contributed by atoms with van der Waals surface area (Å²) in [5, 5.41) is 2.69. The van der Waals surface area contributed by atoms with E-state index in [1.165, 1.54) is 106 Å². The maximum Gasteiger partial charge on any atom is 1.00 e. The molecule has 0 aliphatic heterocycles. The number of ether oxygens (including phenoxy) is 1. The number of nitrogen functional groups attached to an aromatic ring is 1. The van der Waals surface area contributed by atoms with Crippen molar-refractivity contribution in [2.75, 3.05) is 26.2 Å². The Kier molecular flexibility index (Phi) is 38.8. The third-order valence-electron chi connectivity index (χ3n) is 16.3. The number of benzene rings is 9. The van der Waals surface area contributed by atoms with Gasteiger partial charge >= 0.3 is 29.6 Å². The van der Waals surface area contributed by atoms with Crippen LogP contribution >= 0.6 is 11.6 Å². The molecule has 9 rings (SSSR count). The summed E-state index contributed by atoms with van der Waals surface area (Å²) in [6.45, 7) is 27.6. The SMILES string of the molecule is CCC(C)c1ccc(-c2ccccc2)cc1.CCC(C)c1ccc(CN(C)C)cc1.CCC(C)c1ccc(N)cc1.CCC(C)c1ccc(Oc2ccccc2)cc1.CCC(C)c1ccc(S(=O)(=O)[O-])cc1.CCC(C)c1ccc2ccccc2c1.CCl.[Na+]. The van der Waals surface area contributed by atoms with Gasteiger partial charge in [0.1, 0.15) is 21.6 Å². The van der Waals surface area contributed by atoms with Crippen molar-refractivity contribution >= 4 is 38.2 Å². The molecule has 6 atom stereocenters. The summed E-state index contributed by atoms with van der Waals surface area (Å²) in [4.78, 5) is 2.03. The third kappa shape index (κ3) is 29.2. The van der Waals surface area contributed by atoms with Crippen molar-refractivity contribution in [3.63, 3.8) is 0 Å². The van der Waals surface area contributed by atoms with Crippen molar-refractivity contribution in [3.05, 3.63) is 263 Å². The molecule has 9 aromatic rings. The Morgan fingerprint density at radius 2 is 0.719 bits per heavy atom. The van der Waals surface area contributed by atoms with Crippen LogP contribution < -0.4 is 40.0 Å². The number of anilines is 1. The molecule has 0 aliphatic carbocycles. The van der Waals surface area contributed by atoms with Crippen LogP contribution in [0.2, 0.25) is 0 Å². The quantitative estimate of drug-likeness (QED) is 0.0398. The van der Waals surface area contributed by atoms with Crippen molar-refractivity contribution in [3.8, 4) is 22.6 Å². The zero-order chi connectivity index (χ0) is 65.0. The fourth-order valence-corrected chi connectivity index (χ4v) is 9.63.